The zero-order chi connectivity index (χ0) is 19.4. The summed E-state index contributed by atoms with van der Waals surface area (Å²) in [5.41, 5.74) is 3.17. The smallest absolute Gasteiger partial charge is 0.265 e. The summed E-state index contributed by atoms with van der Waals surface area (Å²) in [6.45, 7) is 4.99. The summed E-state index contributed by atoms with van der Waals surface area (Å²) in [7, 11) is 1.69. The lowest BCUT2D eigenvalue weighted by Crippen LogP contribution is -2.22. The van der Waals surface area contributed by atoms with Gasteiger partial charge in [0.05, 0.1) is 11.5 Å². The molecule has 0 bridgehead atoms. The standard InChI is InChI=1S/C21H21NO3S2/c1-4-24-18-11-15(12-19-20(23)22(3)21(26)27-19)8-9-17(18)25-13-16-7-5-6-14(2)10-16/h5-12H,4,13H2,1-3H3/b19-12+. The van der Waals surface area contributed by atoms with E-state index >= 15 is 0 Å². The topological polar surface area (TPSA) is 38.8 Å². The molecule has 1 aliphatic heterocycles. The quantitative estimate of drug-likeness (QED) is 0.515. The van der Waals surface area contributed by atoms with Crippen molar-refractivity contribution < 1.29 is 14.3 Å². The van der Waals surface area contributed by atoms with Gasteiger partial charge in [0, 0.05) is 7.05 Å². The highest BCUT2D eigenvalue weighted by atomic mass is 32.2. The van der Waals surface area contributed by atoms with Crippen LogP contribution in [0.25, 0.3) is 6.08 Å². The van der Waals surface area contributed by atoms with Crippen LogP contribution < -0.4 is 9.47 Å². The zero-order valence-corrected chi connectivity index (χ0v) is 17.2. The molecule has 4 nitrogen and oxygen atoms in total. The number of hydrogen-bond acceptors (Lipinski definition) is 5. The molecule has 0 radical (unpaired) electrons. The van der Waals surface area contributed by atoms with E-state index in [2.05, 4.69) is 19.1 Å². The van der Waals surface area contributed by atoms with Gasteiger partial charge in [-0.25, -0.2) is 0 Å². The fourth-order valence-electron chi connectivity index (χ4n) is 2.66. The highest BCUT2D eigenvalue weighted by Gasteiger charge is 2.28. The van der Waals surface area contributed by atoms with E-state index in [1.54, 1.807) is 7.05 Å². The van der Waals surface area contributed by atoms with E-state index in [-0.39, 0.29) is 5.91 Å². The molecule has 1 amide bonds. The van der Waals surface area contributed by atoms with Crippen molar-refractivity contribution >= 4 is 40.3 Å². The van der Waals surface area contributed by atoms with E-state index in [0.29, 0.717) is 33.9 Å². The number of nitrogens with zero attached hydrogens (tertiary/aromatic N) is 1. The average Bonchev–Trinajstić information content (AvgIpc) is 2.88. The number of carbonyl (C=O) groups is 1. The number of rotatable bonds is 6. The molecule has 0 aromatic heterocycles. The van der Waals surface area contributed by atoms with Crippen molar-refractivity contribution in [3.63, 3.8) is 0 Å². The Morgan fingerprint density at radius 1 is 1.15 bits per heavy atom. The summed E-state index contributed by atoms with van der Waals surface area (Å²) in [6.07, 6.45) is 1.83. The van der Waals surface area contributed by atoms with E-state index < -0.39 is 0 Å². The van der Waals surface area contributed by atoms with Gasteiger partial charge in [0.15, 0.2) is 11.5 Å². The van der Waals surface area contributed by atoms with Crippen LogP contribution in [0.2, 0.25) is 0 Å². The molecule has 27 heavy (non-hydrogen) atoms. The molecule has 1 heterocycles. The number of benzene rings is 2. The van der Waals surface area contributed by atoms with Crippen molar-refractivity contribution in [3.05, 3.63) is 64.1 Å². The van der Waals surface area contributed by atoms with Crippen molar-refractivity contribution in [2.75, 3.05) is 13.7 Å². The molecular formula is C21H21NO3S2. The first kappa shape index (κ1) is 19.5. The second-order valence-corrected chi connectivity index (χ2v) is 7.83. The lowest BCUT2D eigenvalue weighted by Gasteiger charge is -2.13. The maximum absolute atomic E-state index is 12.2. The van der Waals surface area contributed by atoms with Crippen molar-refractivity contribution in [2.24, 2.45) is 0 Å². The van der Waals surface area contributed by atoms with Gasteiger partial charge in [-0.2, -0.15) is 0 Å². The second kappa shape index (κ2) is 8.59. The first-order valence-electron chi connectivity index (χ1n) is 8.64. The van der Waals surface area contributed by atoms with Crippen LogP contribution in [-0.2, 0) is 11.4 Å². The van der Waals surface area contributed by atoms with Gasteiger partial charge in [0.1, 0.15) is 10.9 Å². The third kappa shape index (κ3) is 4.70. The van der Waals surface area contributed by atoms with Crippen LogP contribution in [0.5, 0.6) is 11.5 Å². The van der Waals surface area contributed by atoms with Gasteiger partial charge >= 0.3 is 0 Å². The summed E-state index contributed by atoms with van der Waals surface area (Å²) >= 11 is 6.48. The number of ether oxygens (including phenoxy) is 2. The number of hydrogen-bond donors (Lipinski definition) is 0. The number of thiocarbonyl (C=S) groups is 1. The van der Waals surface area contributed by atoms with Crippen molar-refractivity contribution in [3.8, 4) is 11.5 Å². The van der Waals surface area contributed by atoms with Gasteiger partial charge in [-0.3, -0.25) is 9.69 Å². The van der Waals surface area contributed by atoms with Crippen molar-refractivity contribution in [1.82, 2.24) is 4.90 Å². The minimum Gasteiger partial charge on any atom is -0.490 e. The predicted octanol–water partition coefficient (Wildman–Crippen LogP) is 4.80. The van der Waals surface area contributed by atoms with E-state index in [1.807, 2.05) is 43.3 Å². The summed E-state index contributed by atoms with van der Waals surface area (Å²) in [6, 6.07) is 13.9. The molecule has 2 aromatic carbocycles. The first-order chi connectivity index (χ1) is 13.0. The van der Waals surface area contributed by atoms with Crippen LogP contribution in [0.3, 0.4) is 0 Å². The molecule has 1 aliphatic rings. The Balaban J connectivity index is 1.80. The van der Waals surface area contributed by atoms with Crippen LogP contribution in [-0.4, -0.2) is 28.8 Å². The molecule has 6 heteroatoms. The maximum atomic E-state index is 12.2. The van der Waals surface area contributed by atoms with E-state index in [4.69, 9.17) is 21.7 Å². The van der Waals surface area contributed by atoms with Gasteiger partial charge in [-0.05, 0) is 43.2 Å². The molecule has 3 rings (SSSR count). The van der Waals surface area contributed by atoms with Crippen molar-refractivity contribution in [1.29, 1.82) is 0 Å². The largest absolute Gasteiger partial charge is 0.490 e. The van der Waals surface area contributed by atoms with Crippen LogP contribution in [0, 0.1) is 6.92 Å². The molecular weight excluding hydrogens is 378 g/mol. The minimum absolute atomic E-state index is 0.0808. The number of likely N-dealkylation sites (N-methyl/N-ethyl adjacent to an activating group) is 1. The van der Waals surface area contributed by atoms with Gasteiger partial charge < -0.3 is 9.47 Å². The van der Waals surface area contributed by atoms with Gasteiger partial charge in [0.25, 0.3) is 5.91 Å². The van der Waals surface area contributed by atoms with Crippen LogP contribution in [0.1, 0.15) is 23.6 Å². The third-order valence-corrected chi connectivity index (χ3v) is 5.51. The highest BCUT2D eigenvalue weighted by Crippen LogP contribution is 2.34. The van der Waals surface area contributed by atoms with Crippen LogP contribution in [0.4, 0.5) is 0 Å². The Kier molecular flexibility index (Phi) is 6.19. The summed E-state index contributed by atoms with van der Waals surface area (Å²) in [5.74, 6) is 1.26. The van der Waals surface area contributed by atoms with E-state index in [1.165, 1.54) is 22.2 Å². The fourth-order valence-corrected chi connectivity index (χ4v) is 3.84. The Morgan fingerprint density at radius 3 is 2.63 bits per heavy atom. The monoisotopic (exact) mass is 399 g/mol. The van der Waals surface area contributed by atoms with E-state index in [0.717, 1.165) is 11.1 Å². The molecule has 1 saturated heterocycles. The molecule has 0 unspecified atom stereocenters. The van der Waals surface area contributed by atoms with Gasteiger partial charge in [-0.15, -0.1) is 0 Å². The molecule has 0 spiro atoms. The molecule has 140 valence electrons. The molecule has 2 aromatic rings. The lowest BCUT2D eigenvalue weighted by molar-refractivity contribution is -0.121. The molecule has 1 fully saturated rings. The Morgan fingerprint density at radius 2 is 1.96 bits per heavy atom. The number of aryl methyl sites for hydroxylation is 1. The highest BCUT2D eigenvalue weighted by molar-refractivity contribution is 8.26. The number of amides is 1. The summed E-state index contributed by atoms with van der Waals surface area (Å²) in [4.78, 5) is 14.3. The van der Waals surface area contributed by atoms with Crippen LogP contribution in [0.15, 0.2) is 47.4 Å². The van der Waals surface area contributed by atoms with Gasteiger partial charge in [-0.1, -0.05) is 59.9 Å². The number of thioether (sulfide) groups is 1. The molecule has 0 saturated carbocycles. The fraction of sp³-hybridized carbons (Fsp3) is 0.238. The lowest BCUT2D eigenvalue weighted by atomic mass is 10.1. The molecule has 0 aliphatic carbocycles. The van der Waals surface area contributed by atoms with Gasteiger partial charge in [0.2, 0.25) is 0 Å². The second-order valence-electron chi connectivity index (χ2n) is 6.16. The first-order valence-corrected chi connectivity index (χ1v) is 9.87. The zero-order valence-electron chi connectivity index (χ0n) is 15.5. The molecule has 0 N–H and O–H groups in total. The Labute approximate surface area is 169 Å². The SMILES string of the molecule is CCOc1cc(/C=C2/SC(=S)N(C)C2=O)ccc1OCc1cccc(C)c1. The van der Waals surface area contributed by atoms with E-state index in [9.17, 15) is 4.79 Å². The normalized spacial score (nSPS) is 15.5. The Hall–Kier alpha value is -2.31. The average molecular weight is 400 g/mol. The van der Waals surface area contributed by atoms with Crippen molar-refractivity contribution in [2.45, 2.75) is 20.5 Å². The predicted molar refractivity (Wildman–Crippen MR) is 114 cm³/mol. The minimum atomic E-state index is -0.0808. The summed E-state index contributed by atoms with van der Waals surface area (Å²) in [5, 5.41) is 0. The third-order valence-electron chi connectivity index (χ3n) is 4.03. The maximum Gasteiger partial charge on any atom is 0.265 e. The van der Waals surface area contributed by atoms with Crippen LogP contribution >= 0.6 is 24.0 Å². The summed E-state index contributed by atoms with van der Waals surface area (Å²) < 4.78 is 12.3. The Bertz CT molecular complexity index is 908. The number of carbonyl (C=O) groups excluding carboxylic acids is 1. The molecule has 0 atom stereocenters.